The molecular weight excluding hydrogens is 174 g/mol. The summed E-state index contributed by atoms with van der Waals surface area (Å²) in [6.07, 6.45) is 10.2. The molecule has 3 heteroatoms. The third kappa shape index (κ3) is 3.56. The van der Waals surface area contributed by atoms with Crippen LogP contribution < -0.4 is 5.43 Å². The SMILES string of the molecule is CCN=CN/N=C(\C)C1=CC=CCC1. The Morgan fingerprint density at radius 1 is 1.64 bits per heavy atom. The van der Waals surface area contributed by atoms with Crippen LogP contribution in [0.25, 0.3) is 0 Å². The molecular formula is C11H17N3. The molecule has 14 heavy (non-hydrogen) atoms. The normalized spacial score (nSPS) is 17.3. The van der Waals surface area contributed by atoms with Crippen LogP contribution in [0.5, 0.6) is 0 Å². The molecule has 0 amide bonds. The van der Waals surface area contributed by atoms with E-state index in [9.17, 15) is 0 Å². The van der Waals surface area contributed by atoms with Crippen molar-refractivity contribution in [2.45, 2.75) is 26.7 Å². The first kappa shape index (κ1) is 10.7. The summed E-state index contributed by atoms with van der Waals surface area (Å²) in [6.45, 7) is 4.79. The quantitative estimate of drug-likeness (QED) is 0.413. The molecule has 0 heterocycles. The van der Waals surface area contributed by atoms with Crippen molar-refractivity contribution in [2.75, 3.05) is 6.54 Å². The number of nitrogens with one attached hydrogen (secondary N) is 1. The summed E-state index contributed by atoms with van der Waals surface area (Å²) in [5, 5.41) is 4.20. The molecule has 0 atom stereocenters. The maximum absolute atomic E-state index is 4.20. The second-order valence-electron chi connectivity index (χ2n) is 3.11. The summed E-state index contributed by atoms with van der Waals surface area (Å²) in [6, 6.07) is 0. The molecule has 1 N–H and O–H groups in total. The van der Waals surface area contributed by atoms with Crippen molar-refractivity contribution in [3.63, 3.8) is 0 Å². The van der Waals surface area contributed by atoms with Gasteiger partial charge in [0.2, 0.25) is 0 Å². The van der Waals surface area contributed by atoms with E-state index in [1.165, 1.54) is 5.57 Å². The first-order chi connectivity index (χ1) is 6.84. The zero-order valence-electron chi connectivity index (χ0n) is 8.83. The number of hydrogen-bond acceptors (Lipinski definition) is 2. The lowest BCUT2D eigenvalue weighted by Gasteiger charge is -2.07. The maximum atomic E-state index is 4.20. The van der Waals surface area contributed by atoms with Gasteiger partial charge >= 0.3 is 0 Å². The second-order valence-corrected chi connectivity index (χ2v) is 3.11. The van der Waals surface area contributed by atoms with Gasteiger partial charge in [0.1, 0.15) is 6.34 Å². The summed E-state index contributed by atoms with van der Waals surface area (Å²) in [5.74, 6) is 0. The van der Waals surface area contributed by atoms with Gasteiger partial charge in [-0.15, -0.1) is 0 Å². The molecule has 0 saturated carbocycles. The summed E-state index contributed by atoms with van der Waals surface area (Å²) >= 11 is 0. The zero-order chi connectivity index (χ0) is 10.2. The monoisotopic (exact) mass is 191 g/mol. The van der Waals surface area contributed by atoms with Crippen LogP contribution >= 0.6 is 0 Å². The van der Waals surface area contributed by atoms with Crippen molar-refractivity contribution >= 4 is 12.1 Å². The fourth-order valence-electron chi connectivity index (χ4n) is 1.23. The Hall–Kier alpha value is -1.38. The molecule has 0 aromatic heterocycles. The van der Waals surface area contributed by atoms with Gasteiger partial charge in [-0.1, -0.05) is 18.2 Å². The van der Waals surface area contributed by atoms with E-state index < -0.39 is 0 Å². The van der Waals surface area contributed by atoms with Crippen molar-refractivity contribution in [3.8, 4) is 0 Å². The average molecular weight is 191 g/mol. The average Bonchev–Trinajstić information content (AvgIpc) is 2.25. The number of hydrogen-bond donors (Lipinski definition) is 1. The molecule has 0 spiro atoms. The van der Waals surface area contributed by atoms with Crippen LogP contribution in [-0.4, -0.2) is 18.6 Å². The summed E-state index contributed by atoms with van der Waals surface area (Å²) in [5.41, 5.74) is 5.15. The standard InChI is InChI=1S/C11H17N3/c1-3-12-9-13-14-10(2)11-7-5-4-6-8-11/h4-5,7,9H,3,6,8H2,1-2H3,(H,12,13)/b14-10+. The van der Waals surface area contributed by atoms with Crippen LogP contribution in [0.1, 0.15) is 26.7 Å². The third-order valence-corrected chi connectivity index (χ3v) is 2.04. The Morgan fingerprint density at radius 2 is 2.50 bits per heavy atom. The Labute approximate surface area is 85.3 Å². The number of hydrazone groups is 1. The van der Waals surface area contributed by atoms with Crippen LogP contribution in [0.2, 0.25) is 0 Å². The molecule has 0 aliphatic heterocycles. The molecule has 0 bridgehead atoms. The van der Waals surface area contributed by atoms with E-state index in [1.54, 1.807) is 6.34 Å². The fraction of sp³-hybridized carbons (Fsp3) is 0.455. The van der Waals surface area contributed by atoms with E-state index in [-0.39, 0.29) is 0 Å². The third-order valence-electron chi connectivity index (χ3n) is 2.04. The molecule has 0 fully saturated rings. The van der Waals surface area contributed by atoms with Gasteiger partial charge in [-0.25, -0.2) is 0 Å². The van der Waals surface area contributed by atoms with Crippen molar-refractivity contribution in [3.05, 3.63) is 23.8 Å². The Bertz CT molecular complexity index is 285. The minimum atomic E-state index is 0.785. The molecule has 76 valence electrons. The largest absolute Gasteiger partial charge is 0.274 e. The molecule has 1 aliphatic rings. The second kappa shape index (κ2) is 6.13. The van der Waals surface area contributed by atoms with Gasteiger partial charge in [0.05, 0.1) is 5.71 Å². The van der Waals surface area contributed by atoms with Crippen molar-refractivity contribution in [1.29, 1.82) is 0 Å². The van der Waals surface area contributed by atoms with Gasteiger partial charge in [-0.05, 0) is 32.3 Å². The molecule has 0 aromatic rings. The highest BCUT2D eigenvalue weighted by molar-refractivity contribution is 5.98. The van der Waals surface area contributed by atoms with E-state index in [2.05, 4.69) is 33.7 Å². The molecule has 0 unspecified atom stereocenters. The van der Waals surface area contributed by atoms with Crippen LogP contribution in [0.15, 0.2) is 33.9 Å². The molecule has 1 rings (SSSR count). The van der Waals surface area contributed by atoms with Crippen molar-refractivity contribution in [2.24, 2.45) is 10.1 Å². The molecule has 0 saturated heterocycles. The van der Waals surface area contributed by atoms with Gasteiger partial charge in [0.25, 0.3) is 0 Å². The van der Waals surface area contributed by atoms with E-state index in [0.717, 1.165) is 25.1 Å². The van der Waals surface area contributed by atoms with Crippen LogP contribution in [0.4, 0.5) is 0 Å². The molecule has 0 radical (unpaired) electrons. The van der Waals surface area contributed by atoms with E-state index in [4.69, 9.17) is 0 Å². The lowest BCUT2D eigenvalue weighted by atomic mass is 10.0. The molecule has 1 aliphatic carbocycles. The highest BCUT2D eigenvalue weighted by atomic mass is 15.3. The summed E-state index contributed by atoms with van der Waals surface area (Å²) in [4.78, 5) is 4.01. The summed E-state index contributed by atoms with van der Waals surface area (Å²) in [7, 11) is 0. The number of nitrogens with zero attached hydrogens (tertiary/aromatic N) is 2. The predicted octanol–water partition coefficient (Wildman–Crippen LogP) is 2.28. The Kier molecular flexibility index (Phi) is 4.69. The van der Waals surface area contributed by atoms with Crippen molar-refractivity contribution < 1.29 is 0 Å². The van der Waals surface area contributed by atoms with Gasteiger partial charge < -0.3 is 0 Å². The van der Waals surface area contributed by atoms with Crippen LogP contribution in [0, 0.1) is 0 Å². The van der Waals surface area contributed by atoms with Crippen LogP contribution in [0.3, 0.4) is 0 Å². The highest BCUT2D eigenvalue weighted by Gasteiger charge is 2.02. The molecule has 0 aromatic carbocycles. The Balaban J connectivity index is 2.46. The van der Waals surface area contributed by atoms with Crippen molar-refractivity contribution in [1.82, 2.24) is 5.43 Å². The highest BCUT2D eigenvalue weighted by Crippen LogP contribution is 2.12. The maximum Gasteiger partial charge on any atom is 0.103 e. The number of aliphatic imine (C=N–C) groups is 1. The smallest absolute Gasteiger partial charge is 0.103 e. The topological polar surface area (TPSA) is 36.8 Å². The molecule has 3 nitrogen and oxygen atoms in total. The van der Waals surface area contributed by atoms with Gasteiger partial charge in [-0.3, -0.25) is 10.4 Å². The number of rotatable bonds is 4. The van der Waals surface area contributed by atoms with Gasteiger partial charge in [0.15, 0.2) is 0 Å². The lowest BCUT2D eigenvalue weighted by molar-refractivity contribution is 0.975. The van der Waals surface area contributed by atoms with Crippen LogP contribution in [-0.2, 0) is 0 Å². The van der Waals surface area contributed by atoms with E-state index >= 15 is 0 Å². The van der Waals surface area contributed by atoms with E-state index in [1.807, 2.05) is 13.8 Å². The minimum Gasteiger partial charge on any atom is -0.274 e. The number of allylic oxidation sites excluding steroid dienone is 4. The first-order valence-electron chi connectivity index (χ1n) is 4.98. The van der Waals surface area contributed by atoms with Gasteiger partial charge in [0, 0.05) is 6.54 Å². The predicted molar refractivity (Wildman–Crippen MR) is 61.7 cm³/mol. The lowest BCUT2D eigenvalue weighted by Crippen LogP contribution is -2.08. The first-order valence-corrected chi connectivity index (χ1v) is 4.98. The summed E-state index contributed by atoms with van der Waals surface area (Å²) < 4.78 is 0. The fourth-order valence-corrected chi connectivity index (χ4v) is 1.23. The Morgan fingerprint density at radius 3 is 3.14 bits per heavy atom. The van der Waals surface area contributed by atoms with Gasteiger partial charge in [-0.2, -0.15) is 5.10 Å². The minimum absolute atomic E-state index is 0.785. The zero-order valence-corrected chi connectivity index (χ0v) is 8.83. The van der Waals surface area contributed by atoms with E-state index in [0.29, 0.717) is 0 Å².